The molecule has 3 aromatic rings. The van der Waals surface area contributed by atoms with Gasteiger partial charge in [-0.2, -0.15) is 5.10 Å². The van der Waals surface area contributed by atoms with E-state index >= 15 is 0 Å². The maximum atomic E-state index is 12.4. The van der Waals surface area contributed by atoms with Crippen molar-refractivity contribution < 1.29 is 4.79 Å². The van der Waals surface area contributed by atoms with Crippen LogP contribution in [0.3, 0.4) is 0 Å². The summed E-state index contributed by atoms with van der Waals surface area (Å²) >= 11 is 0. The van der Waals surface area contributed by atoms with Gasteiger partial charge in [0.05, 0.1) is 5.69 Å². The lowest BCUT2D eigenvalue weighted by molar-refractivity contribution is 0.102. The lowest BCUT2D eigenvalue weighted by Gasteiger charge is -2.07. The summed E-state index contributed by atoms with van der Waals surface area (Å²) in [7, 11) is 0. The number of carbonyl (C=O) groups excluding carboxylic acids is 1. The van der Waals surface area contributed by atoms with E-state index in [0.29, 0.717) is 11.6 Å². The van der Waals surface area contributed by atoms with Crippen LogP contribution in [-0.2, 0) is 0 Å². The highest BCUT2D eigenvalue weighted by Crippen LogP contribution is 2.18. The van der Waals surface area contributed by atoms with Crippen molar-refractivity contribution in [3.8, 4) is 5.69 Å². The van der Waals surface area contributed by atoms with Crippen molar-refractivity contribution in [1.29, 1.82) is 0 Å². The third-order valence-electron chi connectivity index (χ3n) is 3.96. The van der Waals surface area contributed by atoms with Crippen LogP contribution in [0.4, 0.5) is 5.69 Å². The van der Waals surface area contributed by atoms with Gasteiger partial charge in [-0.15, -0.1) is 0 Å². The Balaban J connectivity index is 1.78. The van der Waals surface area contributed by atoms with Crippen LogP contribution >= 0.6 is 0 Å². The summed E-state index contributed by atoms with van der Waals surface area (Å²) < 4.78 is 1.77. The van der Waals surface area contributed by atoms with Gasteiger partial charge in [-0.1, -0.05) is 44.2 Å². The predicted molar refractivity (Wildman–Crippen MR) is 96.8 cm³/mol. The van der Waals surface area contributed by atoms with E-state index in [0.717, 1.165) is 17.1 Å². The standard InChI is InChI=1S/C20H21N3O/c1-14(2)16-9-11-17(12-10-16)21-20(24)19-13-15(3)23(22-19)18-7-5-4-6-8-18/h4-14H,1-3H3,(H,21,24). The zero-order chi connectivity index (χ0) is 17.1. The van der Waals surface area contributed by atoms with E-state index < -0.39 is 0 Å². The van der Waals surface area contributed by atoms with Gasteiger partial charge in [-0.05, 0) is 48.7 Å². The first-order valence-electron chi connectivity index (χ1n) is 8.08. The second kappa shape index (κ2) is 6.71. The van der Waals surface area contributed by atoms with E-state index in [4.69, 9.17) is 0 Å². The highest BCUT2D eigenvalue weighted by atomic mass is 16.1. The van der Waals surface area contributed by atoms with Crippen LogP contribution in [0.25, 0.3) is 5.69 Å². The molecule has 0 fully saturated rings. The molecule has 1 heterocycles. The molecule has 24 heavy (non-hydrogen) atoms. The summed E-state index contributed by atoms with van der Waals surface area (Å²) in [4.78, 5) is 12.4. The topological polar surface area (TPSA) is 46.9 Å². The molecule has 0 bridgehead atoms. The molecule has 2 aromatic carbocycles. The first-order valence-corrected chi connectivity index (χ1v) is 8.08. The zero-order valence-electron chi connectivity index (χ0n) is 14.2. The van der Waals surface area contributed by atoms with Crippen LogP contribution in [0, 0.1) is 6.92 Å². The van der Waals surface area contributed by atoms with Crippen molar-refractivity contribution in [2.75, 3.05) is 5.32 Å². The van der Waals surface area contributed by atoms with Crippen LogP contribution in [0.5, 0.6) is 0 Å². The zero-order valence-corrected chi connectivity index (χ0v) is 14.2. The minimum Gasteiger partial charge on any atom is -0.321 e. The number of nitrogens with one attached hydrogen (secondary N) is 1. The van der Waals surface area contributed by atoms with Gasteiger partial charge in [0, 0.05) is 11.4 Å². The Bertz CT molecular complexity index is 833. The molecule has 1 amide bonds. The summed E-state index contributed by atoms with van der Waals surface area (Å²) in [6, 6.07) is 19.5. The number of carbonyl (C=O) groups is 1. The smallest absolute Gasteiger partial charge is 0.276 e. The molecule has 0 aliphatic rings. The van der Waals surface area contributed by atoms with Gasteiger partial charge < -0.3 is 5.32 Å². The first kappa shape index (κ1) is 16.0. The Morgan fingerprint density at radius 2 is 1.71 bits per heavy atom. The lowest BCUT2D eigenvalue weighted by atomic mass is 10.0. The average molecular weight is 319 g/mol. The van der Waals surface area contributed by atoms with Gasteiger partial charge in [0.25, 0.3) is 5.91 Å². The number of aromatic nitrogens is 2. The van der Waals surface area contributed by atoms with Gasteiger partial charge in [-0.25, -0.2) is 4.68 Å². The predicted octanol–water partition coefficient (Wildman–Crippen LogP) is 4.56. The SMILES string of the molecule is Cc1cc(C(=O)Nc2ccc(C(C)C)cc2)nn1-c1ccccc1. The third-order valence-corrected chi connectivity index (χ3v) is 3.96. The number of hydrogen-bond donors (Lipinski definition) is 1. The van der Waals surface area contributed by atoms with Gasteiger partial charge in [0.15, 0.2) is 5.69 Å². The Morgan fingerprint density at radius 1 is 1.04 bits per heavy atom. The number of amides is 1. The maximum absolute atomic E-state index is 12.4. The van der Waals surface area contributed by atoms with Crippen molar-refractivity contribution in [2.24, 2.45) is 0 Å². The van der Waals surface area contributed by atoms with Crippen LogP contribution in [0.2, 0.25) is 0 Å². The van der Waals surface area contributed by atoms with Crippen LogP contribution < -0.4 is 5.32 Å². The maximum Gasteiger partial charge on any atom is 0.276 e. The van der Waals surface area contributed by atoms with Gasteiger partial charge >= 0.3 is 0 Å². The van der Waals surface area contributed by atoms with Gasteiger partial charge in [-0.3, -0.25) is 4.79 Å². The normalized spacial score (nSPS) is 10.8. The average Bonchev–Trinajstić information content (AvgIpc) is 2.98. The van der Waals surface area contributed by atoms with E-state index in [1.165, 1.54) is 5.56 Å². The molecule has 1 aromatic heterocycles. The summed E-state index contributed by atoms with van der Waals surface area (Å²) in [5.74, 6) is 0.268. The summed E-state index contributed by atoms with van der Waals surface area (Å²) in [6.07, 6.45) is 0. The van der Waals surface area contributed by atoms with E-state index in [1.807, 2.05) is 61.5 Å². The number of hydrogen-bond acceptors (Lipinski definition) is 2. The number of nitrogens with zero attached hydrogens (tertiary/aromatic N) is 2. The molecule has 0 aliphatic heterocycles. The van der Waals surface area contributed by atoms with E-state index in [9.17, 15) is 4.79 Å². The molecule has 3 rings (SSSR count). The fraction of sp³-hybridized carbons (Fsp3) is 0.200. The first-order chi connectivity index (χ1) is 11.5. The minimum atomic E-state index is -0.204. The van der Waals surface area contributed by atoms with E-state index in [2.05, 4.69) is 24.3 Å². The molecule has 0 unspecified atom stereocenters. The summed E-state index contributed by atoms with van der Waals surface area (Å²) in [5.41, 5.74) is 4.29. The number of benzene rings is 2. The molecule has 0 atom stereocenters. The Kier molecular flexibility index (Phi) is 4.47. The van der Waals surface area contributed by atoms with E-state index in [1.54, 1.807) is 10.7 Å². The third kappa shape index (κ3) is 3.38. The Hall–Kier alpha value is -2.88. The second-order valence-corrected chi connectivity index (χ2v) is 6.15. The number of anilines is 1. The largest absolute Gasteiger partial charge is 0.321 e. The van der Waals surface area contributed by atoms with Gasteiger partial charge in [0.1, 0.15) is 0 Å². The lowest BCUT2D eigenvalue weighted by Crippen LogP contribution is -2.13. The quantitative estimate of drug-likeness (QED) is 0.766. The highest BCUT2D eigenvalue weighted by molar-refractivity contribution is 6.02. The van der Waals surface area contributed by atoms with Gasteiger partial charge in [0.2, 0.25) is 0 Å². The number of para-hydroxylation sites is 1. The molecule has 0 radical (unpaired) electrons. The van der Waals surface area contributed by atoms with Crippen molar-refractivity contribution in [2.45, 2.75) is 26.7 Å². The van der Waals surface area contributed by atoms with Crippen LogP contribution in [0.1, 0.15) is 41.5 Å². The Morgan fingerprint density at radius 3 is 2.33 bits per heavy atom. The van der Waals surface area contributed by atoms with Crippen molar-refractivity contribution in [1.82, 2.24) is 9.78 Å². The monoisotopic (exact) mass is 319 g/mol. The molecule has 0 saturated carbocycles. The van der Waals surface area contributed by atoms with Crippen molar-refractivity contribution >= 4 is 11.6 Å². The fourth-order valence-corrected chi connectivity index (χ4v) is 2.56. The highest BCUT2D eigenvalue weighted by Gasteiger charge is 2.13. The molecule has 122 valence electrons. The molecule has 0 aliphatic carbocycles. The molecule has 0 spiro atoms. The molecule has 1 N–H and O–H groups in total. The van der Waals surface area contributed by atoms with Crippen LogP contribution in [0.15, 0.2) is 60.7 Å². The van der Waals surface area contributed by atoms with Crippen molar-refractivity contribution in [3.63, 3.8) is 0 Å². The number of aryl methyl sites for hydroxylation is 1. The molecular weight excluding hydrogens is 298 g/mol. The molecule has 4 heteroatoms. The molecular formula is C20H21N3O. The number of rotatable bonds is 4. The summed E-state index contributed by atoms with van der Waals surface area (Å²) in [5, 5.41) is 7.33. The molecule has 4 nitrogen and oxygen atoms in total. The summed E-state index contributed by atoms with van der Waals surface area (Å²) in [6.45, 7) is 6.23. The van der Waals surface area contributed by atoms with Crippen molar-refractivity contribution in [3.05, 3.63) is 77.6 Å². The fourth-order valence-electron chi connectivity index (χ4n) is 2.56. The molecule has 0 saturated heterocycles. The Labute approximate surface area is 142 Å². The van der Waals surface area contributed by atoms with E-state index in [-0.39, 0.29) is 5.91 Å². The minimum absolute atomic E-state index is 0.204. The van der Waals surface area contributed by atoms with Crippen LogP contribution in [-0.4, -0.2) is 15.7 Å². The second-order valence-electron chi connectivity index (χ2n) is 6.15.